The van der Waals surface area contributed by atoms with Gasteiger partial charge >= 0.3 is 0 Å². The molecule has 96 valence electrons. The van der Waals surface area contributed by atoms with E-state index >= 15 is 0 Å². The Morgan fingerprint density at radius 2 is 2.00 bits per heavy atom. The minimum Gasteiger partial charge on any atom is -0.497 e. The van der Waals surface area contributed by atoms with E-state index in [1.54, 1.807) is 7.11 Å². The molecule has 0 bridgehead atoms. The molecule has 1 aromatic carbocycles. The molecule has 0 saturated heterocycles. The Morgan fingerprint density at radius 3 is 2.67 bits per heavy atom. The molecule has 4 heteroatoms. The number of nitrogens with one attached hydrogen (secondary N) is 1. The van der Waals surface area contributed by atoms with E-state index in [-0.39, 0.29) is 0 Å². The molecule has 0 amide bonds. The topological polar surface area (TPSA) is 39.1 Å². The third-order valence-electron chi connectivity index (χ3n) is 2.91. The predicted octanol–water partition coefficient (Wildman–Crippen LogP) is 2.20. The summed E-state index contributed by atoms with van der Waals surface area (Å²) in [6, 6.07) is 8.09. The zero-order valence-corrected chi connectivity index (χ0v) is 10.9. The van der Waals surface area contributed by atoms with Gasteiger partial charge in [0.15, 0.2) is 0 Å². The highest BCUT2D eigenvalue weighted by atomic mass is 16.5. The van der Waals surface area contributed by atoms with Gasteiger partial charge in [-0.15, -0.1) is 0 Å². The molecule has 1 N–H and O–H groups in total. The number of benzene rings is 1. The average molecular weight is 245 g/mol. The van der Waals surface area contributed by atoms with Crippen molar-refractivity contribution in [2.45, 2.75) is 26.6 Å². The molecule has 0 spiro atoms. The minimum absolute atomic E-state index is 0.785. The lowest BCUT2D eigenvalue weighted by atomic mass is 10.2. The quantitative estimate of drug-likeness (QED) is 0.848. The van der Waals surface area contributed by atoms with Gasteiger partial charge in [0.25, 0.3) is 0 Å². The normalized spacial score (nSPS) is 10.6. The first kappa shape index (κ1) is 12.6. The van der Waals surface area contributed by atoms with E-state index in [1.165, 1.54) is 5.56 Å². The largest absolute Gasteiger partial charge is 0.497 e. The SMILES string of the molecule is CCn1ccnc1CNCc1ccc(OC)cc1. The molecular weight excluding hydrogens is 226 g/mol. The number of aryl methyl sites for hydroxylation is 1. The van der Waals surface area contributed by atoms with Gasteiger partial charge in [-0.05, 0) is 24.6 Å². The van der Waals surface area contributed by atoms with Gasteiger partial charge in [-0.2, -0.15) is 0 Å². The van der Waals surface area contributed by atoms with E-state index in [9.17, 15) is 0 Å². The maximum absolute atomic E-state index is 5.13. The van der Waals surface area contributed by atoms with Crippen molar-refractivity contribution in [3.05, 3.63) is 48.0 Å². The molecule has 4 nitrogen and oxygen atoms in total. The molecule has 0 aliphatic carbocycles. The summed E-state index contributed by atoms with van der Waals surface area (Å²) in [7, 11) is 1.68. The summed E-state index contributed by atoms with van der Waals surface area (Å²) in [6.07, 6.45) is 3.85. The van der Waals surface area contributed by atoms with Crippen molar-refractivity contribution >= 4 is 0 Å². The van der Waals surface area contributed by atoms with Crippen LogP contribution in [0.2, 0.25) is 0 Å². The summed E-state index contributed by atoms with van der Waals surface area (Å²) in [5.74, 6) is 1.96. The molecule has 0 radical (unpaired) electrons. The van der Waals surface area contributed by atoms with E-state index in [4.69, 9.17) is 4.74 Å². The second-order valence-corrected chi connectivity index (χ2v) is 4.08. The molecule has 0 unspecified atom stereocenters. The van der Waals surface area contributed by atoms with Gasteiger partial charge in [0, 0.05) is 25.5 Å². The van der Waals surface area contributed by atoms with Crippen LogP contribution in [0, 0.1) is 0 Å². The molecule has 18 heavy (non-hydrogen) atoms. The van der Waals surface area contributed by atoms with Crippen LogP contribution in [0.25, 0.3) is 0 Å². The molecule has 0 saturated carbocycles. The van der Waals surface area contributed by atoms with Crippen LogP contribution in [0.3, 0.4) is 0 Å². The van der Waals surface area contributed by atoms with Crippen LogP contribution in [-0.4, -0.2) is 16.7 Å². The molecule has 0 atom stereocenters. The van der Waals surface area contributed by atoms with Crippen molar-refractivity contribution in [2.75, 3.05) is 7.11 Å². The zero-order valence-electron chi connectivity index (χ0n) is 10.9. The first-order valence-electron chi connectivity index (χ1n) is 6.17. The third-order valence-corrected chi connectivity index (χ3v) is 2.91. The number of hydrogen-bond acceptors (Lipinski definition) is 3. The lowest BCUT2D eigenvalue weighted by Gasteiger charge is -2.07. The van der Waals surface area contributed by atoms with Crippen molar-refractivity contribution in [1.29, 1.82) is 0 Å². The lowest BCUT2D eigenvalue weighted by molar-refractivity contribution is 0.414. The van der Waals surface area contributed by atoms with Crippen molar-refractivity contribution in [2.24, 2.45) is 0 Å². The number of methoxy groups -OCH3 is 1. The Kier molecular flexibility index (Phi) is 4.36. The van der Waals surface area contributed by atoms with E-state index in [2.05, 4.69) is 33.9 Å². The van der Waals surface area contributed by atoms with Crippen LogP contribution in [0.1, 0.15) is 18.3 Å². The smallest absolute Gasteiger partial charge is 0.122 e. The van der Waals surface area contributed by atoms with Crippen molar-refractivity contribution in [3.63, 3.8) is 0 Å². The second kappa shape index (κ2) is 6.21. The fraction of sp³-hybridized carbons (Fsp3) is 0.357. The fourth-order valence-electron chi connectivity index (χ4n) is 1.86. The van der Waals surface area contributed by atoms with Gasteiger partial charge in [0.05, 0.1) is 13.7 Å². The Balaban J connectivity index is 1.84. The van der Waals surface area contributed by atoms with Gasteiger partial charge < -0.3 is 14.6 Å². The third kappa shape index (κ3) is 3.11. The Morgan fingerprint density at radius 1 is 1.22 bits per heavy atom. The highest BCUT2D eigenvalue weighted by Gasteiger charge is 2.00. The summed E-state index contributed by atoms with van der Waals surface area (Å²) < 4.78 is 7.27. The fourth-order valence-corrected chi connectivity index (χ4v) is 1.86. The summed E-state index contributed by atoms with van der Waals surface area (Å²) in [5, 5.41) is 3.39. The van der Waals surface area contributed by atoms with Crippen LogP contribution in [-0.2, 0) is 19.6 Å². The average Bonchev–Trinajstić information content (AvgIpc) is 2.87. The van der Waals surface area contributed by atoms with Gasteiger partial charge in [-0.25, -0.2) is 4.98 Å². The number of rotatable bonds is 6. The van der Waals surface area contributed by atoms with Crippen LogP contribution < -0.4 is 10.1 Å². The summed E-state index contributed by atoms with van der Waals surface area (Å²) >= 11 is 0. The molecule has 0 fully saturated rings. The van der Waals surface area contributed by atoms with Crippen LogP contribution in [0.15, 0.2) is 36.7 Å². The van der Waals surface area contributed by atoms with Gasteiger partial charge in [0.2, 0.25) is 0 Å². The molecule has 0 aliphatic heterocycles. The summed E-state index contributed by atoms with van der Waals surface area (Å²) in [4.78, 5) is 4.33. The van der Waals surface area contributed by atoms with Gasteiger partial charge in [-0.1, -0.05) is 12.1 Å². The molecule has 2 aromatic rings. The van der Waals surface area contributed by atoms with Crippen LogP contribution >= 0.6 is 0 Å². The monoisotopic (exact) mass is 245 g/mol. The van der Waals surface area contributed by atoms with Gasteiger partial charge in [-0.3, -0.25) is 0 Å². The van der Waals surface area contributed by atoms with Crippen LogP contribution in [0.5, 0.6) is 5.75 Å². The Bertz CT molecular complexity index is 476. The molecular formula is C14H19N3O. The minimum atomic E-state index is 0.785. The lowest BCUT2D eigenvalue weighted by Crippen LogP contribution is -2.16. The van der Waals surface area contributed by atoms with E-state index < -0.39 is 0 Å². The molecule has 0 aliphatic rings. The molecule has 1 heterocycles. The maximum atomic E-state index is 5.13. The highest BCUT2D eigenvalue weighted by molar-refractivity contribution is 5.26. The number of imidazole rings is 1. The second-order valence-electron chi connectivity index (χ2n) is 4.08. The number of ether oxygens (including phenoxy) is 1. The standard InChI is InChI=1S/C14H19N3O/c1-3-17-9-8-16-14(17)11-15-10-12-4-6-13(18-2)7-5-12/h4-9,15H,3,10-11H2,1-2H3. The Hall–Kier alpha value is -1.81. The summed E-state index contributed by atoms with van der Waals surface area (Å²) in [5.41, 5.74) is 1.24. The number of nitrogens with zero attached hydrogens (tertiary/aromatic N) is 2. The first-order valence-corrected chi connectivity index (χ1v) is 6.17. The Labute approximate surface area is 108 Å². The zero-order chi connectivity index (χ0) is 12.8. The maximum Gasteiger partial charge on any atom is 0.122 e. The predicted molar refractivity (Wildman–Crippen MR) is 71.4 cm³/mol. The van der Waals surface area contributed by atoms with Crippen molar-refractivity contribution in [3.8, 4) is 5.75 Å². The summed E-state index contributed by atoms with van der Waals surface area (Å²) in [6.45, 7) is 4.70. The van der Waals surface area contributed by atoms with E-state index in [1.807, 2.05) is 24.5 Å². The number of aromatic nitrogens is 2. The van der Waals surface area contributed by atoms with E-state index in [0.29, 0.717) is 0 Å². The molecule has 1 aromatic heterocycles. The van der Waals surface area contributed by atoms with Crippen molar-refractivity contribution in [1.82, 2.24) is 14.9 Å². The van der Waals surface area contributed by atoms with Gasteiger partial charge in [0.1, 0.15) is 11.6 Å². The highest BCUT2D eigenvalue weighted by Crippen LogP contribution is 2.11. The first-order chi connectivity index (χ1) is 8.83. The molecule has 2 rings (SSSR count). The van der Waals surface area contributed by atoms with Crippen molar-refractivity contribution < 1.29 is 4.74 Å². The van der Waals surface area contributed by atoms with E-state index in [0.717, 1.165) is 31.2 Å². The van der Waals surface area contributed by atoms with Crippen LogP contribution in [0.4, 0.5) is 0 Å². The number of hydrogen-bond donors (Lipinski definition) is 1.